The van der Waals surface area contributed by atoms with E-state index in [1.165, 1.54) is 45.1 Å². The lowest BCUT2D eigenvalue weighted by Gasteiger charge is -2.44. The summed E-state index contributed by atoms with van der Waals surface area (Å²) in [5.74, 6) is 1.84. The summed E-state index contributed by atoms with van der Waals surface area (Å²) in [5.41, 5.74) is 6.77. The molecule has 0 aromatic rings. The molecule has 2 aliphatic carbocycles. The summed E-state index contributed by atoms with van der Waals surface area (Å²) in [6.45, 7) is 9.16. The SMILES string of the molecule is CC(C)(C)C1CCC(CN)(NCC2CC2)CC1. The van der Waals surface area contributed by atoms with E-state index in [1.54, 1.807) is 0 Å². The van der Waals surface area contributed by atoms with E-state index < -0.39 is 0 Å². The zero-order valence-electron chi connectivity index (χ0n) is 11.9. The minimum atomic E-state index is 0.268. The maximum absolute atomic E-state index is 6.04. The highest BCUT2D eigenvalue weighted by molar-refractivity contribution is 4.96. The normalized spacial score (nSPS) is 34.9. The molecule has 2 aliphatic rings. The quantitative estimate of drug-likeness (QED) is 0.790. The topological polar surface area (TPSA) is 38.0 Å². The van der Waals surface area contributed by atoms with Crippen molar-refractivity contribution in [3.05, 3.63) is 0 Å². The maximum atomic E-state index is 6.04. The third kappa shape index (κ3) is 3.45. The van der Waals surface area contributed by atoms with Gasteiger partial charge in [0.25, 0.3) is 0 Å². The van der Waals surface area contributed by atoms with Gasteiger partial charge in [-0.3, -0.25) is 0 Å². The first-order chi connectivity index (χ1) is 7.95. The monoisotopic (exact) mass is 238 g/mol. The van der Waals surface area contributed by atoms with Crippen LogP contribution in [0.5, 0.6) is 0 Å². The number of nitrogens with one attached hydrogen (secondary N) is 1. The van der Waals surface area contributed by atoms with Crippen LogP contribution in [0.3, 0.4) is 0 Å². The van der Waals surface area contributed by atoms with E-state index >= 15 is 0 Å². The van der Waals surface area contributed by atoms with E-state index in [4.69, 9.17) is 5.73 Å². The molecular formula is C15H30N2. The third-order valence-corrected chi connectivity index (χ3v) is 5.02. The summed E-state index contributed by atoms with van der Waals surface area (Å²) in [7, 11) is 0. The summed E-state index contributed by atoms with van der Waals surface area (Å²) < 4.78 is 0. The Morgan fingerprint density at radius 3 is 2.12 bits per heavy atom. The van der Waals surface area contributed by atoms with Crippen LogP contribution in [0.4, 0.5) is 0 Å². The van der Waals surface area contributed by atoms with E-state index in [0.29, 0.717) is 5.41 Å². The Balaban J connectivity index is 1.84. The fourth-order valence-corrected chi connectivity index (χ4v) is 3.17. The van der Waals surface area contributed by atoms with Crippen molar-refractivity contribution >= 4 is 0 Å². The van der Waals surface area contributed by atoms with Gasteiger partial charge in [-0.1, -0.05) is 20.8 Å². The van der Waals surface area contributed by atoms with Crippen LogP contribution < -0.4 is 11.1 Å². The summed E-state index contributed by atoms with van der Waals surface area (Å²) >= 11 is 0. The van der Waals surface area contributed by atoms with Gasteiger partial charge in [0, 0.05) is 12.1 Å². The summed E-state index contributed by atoms with van der Waals surface area (Å²) in [4.78, 5) is 0. The van der Waals surface area contributed by atoms with Gasteiger partial charge in [-0.25, -0.2) is 0 Å². The summed E-state index contributed by atoms with van der Waals surface area (Å²) in [5, 5.41) is 3.79. The zero-order chi connectivity index (χ0) is 12.5. The molecule has 2 rings (SSSR count). The average molecular weight is 238 g/mol. The highest BCUT2D eigenvalue weighted by Gasteiger charge is 2.38. The van der Waals surface area contributed by atoms with E-state index in [0.717, 1.165) is 18.4 Å². The molecule has 0 radical (unpaired) electrons. The minimum absolute atomic E-state index is 0.268. The van der Waals surface area contributed by atoms with Crippen molar-refractivity contribution in [3.63, 3.8) is 0 Å². The first-order valence-electron chi connectivity index (χ1n) is 7.40. The Labute approximate surface area is 107 Å². The van der Waals surface area contributed by atoms with Crippen LogP contribution in [0, 0.1) is 17.3 Å². The molecule has 0 heterocycles. The van der Waals surface area contributed by atoms with Crippen LogP contribution in [-0.4, -0.2) is 18.6 Å². The van der Waals surface area contributed by atoms with Crippen molar-refractivity contribution in [1.82, 2.24) is 5.32 Å². The lowest BCUT2D eigenvalue weighted by atomic mass is 9.67. The zero-order valence-corrected chi connectivity index (χ0v) is 11.9. The van der Waals surface area contributed by atoms with Gasteiger partial charge in [0.15, 0.2) is 0 Å². The largest absolute Gasteiger partial charge is 0.329 e. The van der Waals surface area contributed by atoms with E-state index in [1.807, 2.05) is 0 Å². The molecule has 0 atom stereocenters. The second-order valence-corrected chi connectivity index (χ2v) is 7.45. The van der Waals surface area contributed by atoms with Gasteiger partial charge in [-0.05, 0) is 62.3 Å². The Hall–Kier alpha value is -0.0800. The predicted molar refractivity (Wildman–Crippen MR) is 73.9 cm³/mol. The van der Waals surface area contributed by atoms with E-state index in [9.17, 15) is 0 Å². The molecule has 0 aromatic heterocycles. The number of hydrogen-bond acceptors (Lipinski definition) is 2. The van der Waals surface area contributed by atoms with Gasteiger partial charge < -0.3 is 11.1 Å². The van der Waals surface area contributed by atoms with E-state index in [-0.39, 0.29) is 5.54 Å². The average Bonchev–Trinajstić information content (AvgIpc) is 3.09. The Morgan fingerprint density at radius 2 is 1.71 bits per heavy atom. The predicted octanol–water partition coefficient (Wildman–Crippen LogP) is 2.92. The van der Waals surface area contributed by atoms with Gasteiger partial charge in [0.2, 0.25) is 0 Å². The molecule has 0 bridgehead atoms. The molecule has 100 valence electrons. The number of nitrogens with two attached hydrogens (primary N) is 1. The first-order valence-corrected chi connectivity index (χ1v) is 7.40. The highest BCUT2D eigenvalue weighted by Crippen LogP contribution is 2.41. The lowest BCUT2D eigenvalue weighted by Crippen LogP contribution is -2.54. The Kier molecular flexibility index (Phi) is 3.84. The van der Waals surface area contributed by atoms with Crippen LogP contribution in [-0.2, 0) is 0 Å². The van der Waals surface area contributed by atoms with Crippen LogP contribution in [0.2, 0.25) is 0 Å². The van der Waals surface area contributed by atoms with Crippen molar-refractivity contribution in [2.24, 2.45) is 23.0 Å². The first kappa shape index (κ1) is 13.4. The molecule has 17 heavy (non-hydrogen) atoms. The smallest absolute Gasteiger partial charge is 0.0304 e. The van der Waals surface area contributed by atoms with Crippen LogP contribution in [0.1, 0.15) is 59.3 Å². The number of hydrogen-bond donors (Lipinski definition) is 2. The molecular weight excluding hydrogens is 208 g/mol. The van der Waals surface area contributed by atoms with Gasteiger partial charge in [0.1, 0.15) is 0 Å². The molecule has 0 unspecified atom stereocenters. The molecule has 2 nitrogen and oxygen atoms in total. The lowest BCUT2D eigenvalue weighted by molar-refractivity contribution is 0.117. The van der Waals surface area contributed by atoms with E-state index in [2.05, 4.69) is 26.1 Å². The van der Waals surface area contributed by atoms with Crippen molar-refractivity contribution in [2.45, 2.75) is 64.8 Å². The van der Waals surface area contributed by atoms with Gasteiger partial charge in [-0.2, -0.15) is 0 Å². The molecule has 2 saturated carbocycles. The molecule has 0 saturated heterocycles. The standard InChI is InChI=1S/C15H30N2/c1-14(2,3)13-6-8-15(11-16,9-7-13)17-10-12-4-5-12/h12-13,17H,4-11,16H2,1-3H3. The van der Waals surface area contributed by atoms with Gasteiger partial charge in [0.05, 0.1) is 0 Å². The molecule has 3 N–H and O–H groups in total. The van der Waals surface area contributed by atoms with Crippen molar-refractivity contribution < 1.29 is 0 Å². The molecule has 0 spiro atoms. The highest BCUT2D eigenvalue weighted by atomic mass is 15.0. The molecule has 2 fully saturated rings. The van der Waals surface area contributed by atoms with Gasteiger partial charge in [-0.15, -0.1) is 0 Å². The van der Waals surface area contributed by atoms with Crippen LogP contribution >= 0.6 is 0 Å². The number of rotatable bonds is 4. The molecule has 0 amide bonds. The fraction of sp³-hybridized carbons (Fsp3) is 1.00. The summed E-state index contributed by atoms with van der Waals surface area (Å²) in [6.07, 6.45) is 8.10. The third-order valence-electron chi connectivity index (χ3n) is 5.02. The molecule has 0 aromatic carbocycles. The molecule has 2 heteroatoms. The Bertz CT molecular complexity index is 242. The Morgan fingerprint density at radius 1 is 1.12 bits per heavy atom. The minimum Gasteiger partial charge on any atom is -0.329 e. The second-order valence-electron chi connectivity index (χ2n) is 7.45. The van der Waals surface area contributed by atoms with Crippen LogP contribution in [0.25, 0.3) is 0 Å². The van der Waals surface area contributed by atoms with Crippen molar-refractivity contribution in [1.29, 1.82) is 0 Å². The second kappa shape index (κ2) is 4.89. The van der Waals surface area contributed by atoms with Gasteiger partial charge >= 0.3 is 0 Å². The van der Waals surface area contributed by atoms with Crippen LogP contribution in [0.15, 0.2) is 0 Å². The van der Waals surface area contributed by atoms with Crippen molar-refractivity contribution in [3.8, 4) is 0 Å². The molecule has 0 aliphatic heterocycles. The maximum Gasteiger partial charge on any atom is 0.0304 e. The summed E-state index contributed by atoms with van der Waals surface area (Å²) in [6, 6.07) is 0. The fourth-order valence-electron chi connectivity index (χ4n) is 3.17. The van der Waals surface area contributed by atoms with Crippen molar-refractivity contribution in [2.75, 3.05) is 13.1 Å².